The maximum absolute atomic E-state index is 11.5. The van der Waals surface area contributed by atoms with Crippen molar-refractivity contribution in [2.75, 3.05) is 13.7 Å². The first-order valence-electron chi connectivity index (χ1n) is 5.00. The zero-order valence-corrected chi connectivity index (χ0v) is 9.20. The van der Waals surface area contributed by atoms with Crippen molar-refractivity contribution in [1.29, 1.82) is 0 Å². The summed E-state index contributed by atoms with van der Waals surface area (Å²) in [5.41, 5.74) is 2.50. The van der Waals surface area contributed by atoms with Crippen LogP contribution in [0.25, 0.3) is 0 Å². The van der Waals surface area contributed by atoms with Crippen molar-refractivity contribution < 1.29 is 9.53 Å². The van der Waals surface area contributed by atoms with Crippen LogP contribution in [0.1, 0.15) is 34.7 Å². The number of ether oxygens (including phenoxy) is 1. The number of fused-ring (bicyclic) bond motifs is 1. The van der Waals surface area contributed by atoms with Gasteiger partial charge in [0.1, 0.15) is 0 Å². The third-order valence-electron chi connectivity index (χ3n) is 2.65. The van der Waals surface area contributed by atoms with E-state index in [-0.39, 0.29) is 11.9 Å². The summed E-state index contributed by atoms with van der Waals surface area (Å²) >= 11 is 0. The number of carbonyl (C=O) groups is 1. The van der Waals surface area contributed by atoms with Crippen molar-refractivity contribution in [3.05, 3.63) is 17.0 Å². The molecule has 0 bridgehead atoms. The van der Waals surface area contributed by atoms with E-state index in [0.29, 0.717) is 13.2 Å². The highest BCUT2D eigenvalue weighted by Gasteiger charge is 2.28. The summed E-state index contributed by atoms with van der Waals surface area (Å²) in [5.74, 6) is -0.0154. The lowest BCUT2D eigenvalue weighted by atomic mass is 10.2. The number of hydrogen-bond donors (Lipinski definition) is 1. The fourth-order valence-electron chi connectivity index (χ4n) is 1.99. The van der Waals surface area contributed by atoms with E-state index >= 15 is 0 Å². The molecular weight excluding hydrogens is 194 g/mol. The summed E-state index contributed by atoms with van der Waals surface area (Å²) in [5, 5.41) is 7.18. The van der Waals surface area contributed by atoms with Gasteiger partial charge in [-0.1, -0.05) is 0 Å². The second-order valence-corrected chi connectivity index (χ2v) is 3.84. The molecule has 82 valence electrons. The maximum atomic E-state index is 11.5. The SMILES string of the molecule is COCC(C)n1nc(C)c2c1CNC2=O. The Bertz CT molecular complexity index is 398. The van der Waals surface area contributed by atoms with E-state index in [2.05, 4.69) is 10.4 Å². The molecule has 1 atom stereocenters. The Morgan fingerprint density at radius 2 is 2.40 bits per heavy atom. The Labute approximate surface area is 88.4 Å². The highest BCUT2D eigenvalue weighted by atomic mass is 16.5. The Hall–Kier alpha value is -1.36. The fraction of sp³-hybridized carbons (Fsp3) is 0.600. The first-order chi connectivity index (χ1) is 7.15. The minimum absolute atomic E-state index is 0.0154. The van der Waals surface area contributed by atoms with Crippen LogP contribution < -0.4 is 5.32 Å². The van der Waals surface area contributed by atoms with Gasteiger partial charge in [-0.25, -0.2) is 0 Å². The fourth-order valence-corrected chi connectivity index (χ4v) is 1.99. The molecule has 2 rings (SSSR count). The first kappa shape index (κ1) is 10.2. The molecule has 0 radical (unpaired) electrons. The molecule has 2 heterocycles. The highest BCUT2D eigenvalue weighted by molar-refractivity contribution is 5.98. The van der Waals surface area contributed by atoms with Crippen LogP contribution in [0.4, 0.5) is 0 Å². The summed E-state index contributed by atoms with van der Waals surface area (Å²) in [7, 11) is 1.66. The number of nitrogens with zero attached hydrogens (tertiary/aromatic N) is 2. The molecule has 15 heavy (non-hydrogen) atoms. The van der Waals surface area contributed by atoms with Crippen LogP contribution >= 0.6 is 0 Å². The lowest BCUT2D eigenvalue weighted by Gasteiger charge is -2.13. The van der Waals surface area contributed by atoms with E-state index in [4.69, 9.17) is 4.74 Å². The summed E-state index contributed by atoms with van der Waals surface area (Å²) in [6, 6.07) is 0.158. The van der Waals surface area contributed by atoms with Gasteiger partial charge in [-0.05, 0) is 13.8 Å². The number of rotatable bonds is 3. The van der Waals surface area contributed by atoms with Crippen molar-refractivity contribution >= 4 is 5.91 Å². The zero-order valence-electron chi connectivity index (χ0n) is 9.20. The topological polar surface area (TPSA) is 56.1 Å². The molecule has 1 N–H and O–H groups in total. The van der Waals surface area contributed by atoms with E-state index in [9.17, 15) is 4.79 Å². The molecule has 0 aromatic carbocycles. The average molecular weight is 209 g/mol. The predicted octanol–water partition coefficient (Wildman–Crippen LogP) is 0.642. The number of amides is 1. The smallest absolute Gasteiger partial charge is 0.255 e. The van der Waals surface area contributed by atoms with Crippen LogP contribution in [-0.4, -0.2) is 29.4 Å². The number of methoxy groups -OCH3 is 1. The third kappa shape index (κ3) is 1.52. The first-order valence-corrected chi connectivity index (χ1v) is 5.00. The molecule has 0 saturated carbocycles. The molecule has 1 aromatic rings. The molecule has 0 spiro atoms. The van der Waals surface area contributed by atoms with Gasteiger partial charge in [0.25, 0.3) is 5.91 Å². The van der Waals surface area contributed by atoms with Gasteiger partial charge in [0.2, 0.25) is 0 Å². The quantitative estimate of drug-likeness (QED) is 0.795. The second-order valence-electron chi connectivity index (χ2n) is 3.84. The molecular formula is C10H15N3O2. The Morgan fingerprint density at radius 3 is 3.07 bits per heavy atom. The third-order valence-corrected chi connectivity index (χ3v) is 2.65. The number of nitrogens with one attached hydrogen (secondary N) is 1. The number of carbonyl (C=O) groups excluding carboxylic acids is 1. The normalized spacial score (nSPS) is 16.3. The predicted molar refractivity (Wildman–Crippen MR) is 54.7 cm³/mol. The lowest BCUT2D eigenvalue weighted by Crippen LogP contribution is -2.18. The molecule has 5 heteroatoms. The standard InChI is InChI=1S/C10H15N3O2/c1-6(5-15-3)13-8-4-11-10(14)9(8)7(2)12-13/h6H,4-5H2,1-3H3,(H,11,14). The van der Waals surface area contributed by atoms with Crippen molar-refractivity contribution in [3.8, 4) is 0 Å². The molecule has 1 aliphatic heterocycles. The molecule has 5 nitrogen and oxygen atoms in total. The Morgan fingerprint density at radius 1 is 1.67 bits per heavy atom. The summed E-state index contributed by atoms with van der Waals surface area (Å²) < 4.78 is 6.97. The molecule has 1 aromatic heterocycles. The van der Waals surface area contributed by atoms with Crippen LogP contribution in [0.3, 0.4) is 0 Å². The van der Waals surface area contributed by atoms with Crippen LogP contribution in [0.2, 0.25) is 0 Å². The van der Waals surface area contributed by atoms with Gasteiger partial charge in [0.15, 0.2) is 0 Å². The van der Waals surface area contributed by atoms with E-state index in [1.807, 2.05) is 18.5 Å². The minimum atomic E-state index is -0.0154. The molecule has 0 aliphatic carbocycles. The lowest BCUT2D eigenvalue weighted by molar-refractivity contribution is 0.0964. The minimum Gasteiger partial charge on any atom is -0.382 e. The van der Waals surface area contributed by atoms with Crippen LogP contribution in [0.15, 0.2) is 0 Å². The van der Waals surface area contributed by atoms with Gasteiger partial charge in [-0.2, -0.15) is 5.10 Å². The van der Waals surface area contributed by atoms with Gasteiger partial charge in [0, 0.05) is 7.11 Å². The van der Waals surface area contributed by atoms with E-state index in [1.54, 1.807) is 7.11 Å². The van der Waals surface area contributed by atoms with Crippen molar-refractivity contribution in [2.24, 2.45) is 0 Å². The average Bonchev–Trinajstić information content (AvgIpc) is 2.70. The Kier molecular flexibility index (Phi) is 2.48. The van der Waals surface area contributed by atoms with E-state index in [0.717, 1.165) is 17.0 Å². The summed E-state index contributed by atoms with van der Waals surface area (Å²) in [6.07, 6.45) is 0. The van der Waals surface area contributed by atoms with Gasteiger partial charge >= 0.3 is 0 Å². The van der Waals surface area contributed by atoms with Gasteiger partial charge in [-0.15, -0.1) is 0 Å². The van der Waals surface area contributed by atoms with Gasteiger partial charge in [-0.3, -0.25) is 9.48 Å². The van der Waals surface area contributed by atoms with E-state index < -0.39 is 0 Å². The molecule has 1 unspecified atom stereocenters. The molecule has 1 amide bonds. The number of hydrogen-bond acceptors (Lipinski definition) is 3. The van der Waals surface area contributed by atoms with Crippen molar-refractivity contribution in [2.45, 2.75) is 26.4 Å². The van der Waals surface area contributed by atoms with Gasteiger partial charge < -0.3 is 10.1 Å². The Balaban J connectivity index is 2.38. The summed E-state index contributed by atoms with van der Waals surface area (Å²) in [4.78, 5) is 11.5. The summed E-state index contributed by atoms with van der Waals surface area (Å²) in [6.45, 7) is 5.06. The van der Waals surface area contributed by atoms with Gasteiger partial charge in [0.05, 0.1) is 36.1 Å². The largest absolute Gasteiger partial charge is 0.382 e. The monoisotopic (exact) mass is 209 g/mol. The number of aryl methyl sites for hydroxylation is 1. The number of aromatic nitrogens is 2. The van der Waals surface area contributed by atoms with Crippen LogP contribution in [0, 0.1) is 6.92 Å². The van der Waals surface area contributed by atoms with Crippen molar-refractivity contribution in [3.63, 3.8) is 0 Å². The maximum Gasteiger partial charge on any atom is 0.255 e. The molecule has 1 aliphatic rings. The molecule has 0 saturated heterocycles. The highest BCUT2D eigenvalue weighted by Crippen LogP contribution is 2.22. The second kappa shape index (κ2) is 3.66. The van der Waals surface area contributed by atoms with E-state index in [1.165, 1.54) is 0 Å². The van der Waals surface area contributed by atoms with Crippen molar-refractivity contribution in [1.82, 2.24) is 15.1 Å². The van der Waals surface area contributed by atoms with Crippen LogP contribution in [-0.2, 0) is 11.3 Å². The zero-order chi connectivity index (χ0) is 11.0. The van der Waals surface area contributed by atoms with Crippen LogP contribution in [0.5, 0.6) is 0 Å². The molecule has 0 fully saturated rings.